The van der Waals surface area contributed by atoms with Crippen LogP contribution in [0.5, 0.6) is 0 Å². The second-order valence-electron chi connectivity index (χ2n) is 5.10. The molecular weight excluding hydrogens is 180 g/mol. The quantitative estimate of drug-likeness (QED) is 0.566. The third kappa shape index (κ3) is 3.52. The number of rotatable bonds is 6. The summed E-state index contributed by atoms with van der Waals surface area (Å²) in [5, 5.41) is 0. The molecule has 0 heterocycles. The van der Waals surface area contributed by atoms with Gasteiger partial charge in [-0.2, -0.15) is 0 Å². The molecule has 0 aromatic rings. The van der Waals surface area contributed by atoms with Gasteiger partial charge in [0.15, 0.2) is 0 Å². The first-order chi connectivity index (χ1) is 7.23. The Hall–Kier alpha value is -0.520. The predicted molar refractivity (Wildman–Crippen MR) is 68.9 cm³/mol. The molecule has 0 saturated heterocycles. The Morgan fingerprint density at radius 3 is 2.47 bits per heavy atom. The third-order valence-electron chi connectivity index (χ3n) is 3.72. The summed E-state index contributed by atoms with van der Waals surface area (Å²) in [6, 6.07) is 0. The highest BCUT2D eigenvalue weighted by atomic mass is 14.3. The van der Waals surface area contributed by atoms with Gasteiger partial charge in [0.1, 0.15) is 0 Å². The van der Waals surface area contributed by atoms with Gasteiger partial charge in [0.2, 0.25) is 0 Å². The van der Waals surface area contributed by atoms with Crippen molar-refractivity contribution in [3.8, 4) is 0 Å². The lowest BCUT2D eigenvalue weighted by molar-refractivity contribution is 0.256. The van der Waals surface area contributed by atoms with Crippen molar-refractivity contribution in [1.82, 2.24) is 0 Å². The average Bonchev–Trinajstić information content (AvgIpc) is 2.25. The number of hydrogen-bond acceptors (Lipinski definition) is 0. The number of hydrogen-bond donors (Lipinski definition) is 0. The zero-order chi connectivity index (χ0) is 11.1. The molecule has 0 heteroatoms. The van der Waals surface area contributed by atoms with Gasteiger partial charge < -0.3 is 0 Å². The molecule has 1 rings (SSSR count). The molecule has 0 aliphatic heterocycles. The molecule has 2 atom stereocenters. The maximum absolute atomic E-state index is 2.43. The van der Waals surface area contributed by atoms with E-state index in [4.69, 9.17) is 0 Å². The minimum absolute atomic E-state index is 0.430. The van der Waals surface area contributed by atoms with Crippen LogP contribution in [0.2, 0.25) is 0 Å². The van der Waals surface area contributed by atoms with Crippen molar-refractivity contribution in [1.29, 1.82) is 0 Å². The van der Waals surface area contributed by atoms with Crippen molar-refractivity contribution in [2.45, 2.75) is 59.3 Å². The Labute approximate surface area is 95.5 Å². The highest BCUT2D eigenvalue weighted by Crippen LogP contribution is 2.40. The fraction of sp³-hybridized carbons (Fsp3) is 0.733. The Bertz CT molecular complexity index is 224. The van der Waals surface area contributed by atoms with Crippen molar-refractivity contribution in [3.63, 3.8) is 0 Å². The van der Waals surface area contributed by atoms with Crippen LogP contribution in [0.1, 0.15) is 59.3 Å². The third-order valence-corrected chi connectivity index (χ3v) is 3.72. The van der Waals surface area contributed by atoms with Gasteiger partial charge in [-0.15, -0.1) is 0 Å². The number of unbranched alkanes of at least 4 members (excludes halogenated alkanes) is 2. The van der Waals surface area contributed by atoms with Crippen LogP contribution >= 0.6 is 0 Å². The molecule has 0 aromatic heterocycles. The minimum atomic E-state index is 0.430. The lowest BCUT2D eigenvalue weighted by Crippen LogP contribution is -2.25. The molecule has 1 aliphatic carbocycles. The summed E-state index contributed by atoms with van der Waals surface area (Å²) in [6.07, 6.45) is 17.4. The summed E-state index contributed by atoms with van der Waals surface area (Å²) < 4.78 is 0. The van der Waals surface area contributed by atoms with Gasteiger partial charge in [0, 0.05) is 0 Å². The van der Waals surface area contributed by atoms with E-state index in [0.717, 1.165) is 5.92 Å². The second-order valence-corrected chi connectivity index (χ2v) is 5.10. The fourth-order valence-electron chi connectivity index (χ4n) is 2.49. The molecule has 0 aromatic carbocycles. The lowest BCUT2D eigenvalue weighted by atomic mass is 9.69. The van der Waals surface area contributed by atoms with Crippen molar-refractivity contribution in [3.05, 3.63) is 24.3 Å². The molecule has 0 fully saturated rings. The molecule has 0 amide bonds. The summed E-state index contributed by atoms with van der Waals surface area (Å²) in [7, 11) is 0. The van der Waals surface area contributed by atoms with Crippen molar-refractivity contribution >= 4 is 0 Å². The second kappa shape index (κ2) is 6.15. The van der Waals surface area contributed by atoms with E-state index in [1.165, 1.54) is 38.5 Å². The summed E-state index contributed by atoms with van der Waals surface area (Å²) in [4.78, 5) is 0. The molecule has 0 spiro atoms. The van der Waals surface area contributed by atoms with Crippen molar-refractivity contribution in [2.24, 2.45) is 11.3 Å². The molecule has 0 nitrogen and oxygen atoms in total. The SMILES string of the molecule is CCCCC1C=CC=CC1(C)CCCC. The first-order valence-electron chi connectivity index (χ1n) is 6.59. The minimum Gasteiger partial charge on any atom is -0.0806 e. The molecule has 0 saturated carbocycles. The van der Waals surface area contributed by atoms with E-state index in [9.17, 15) is 0 Å². The van der Waals surface area contributed by atoms with Gasteiger partial charge >= 0.3 is 0 Å². The summed E-state index contributed by atoms with van der Waals surface area (Å²) >= 11 is 0. The van der Waals surface area contributed by atoms with E-state index in [1.807, 2.05) is 0 Å². The largest absolute Gasteiger partial charge is 0.0806 e. The van der Waals surface area contributed by atoms with E-state index < -0.39 is 0 Å². The van der Waals surface area contributed by atoms with Gasteiger partial charge in [-0.3, -0.25) is 0 Å². The van der Waals surface area contributed by atoms with E-state index in [0.29, 0.717) is 5.41 Å². The number of allylic oxidation sites excluding steroid dienone is 4. The van der Waals surface area contributed by atoms with Crippen LogP contribution in [0.4, 0.5) is 0 Å². The van der Waals surface area contributed by atoms with E-state index in [-0.39, 0.29) is 0 Å². The van der Waals surface area contributed by atoms with Crippen molar-refractivity contribution in [2.75, 3.05) is 0 Å². The monoisotopic (exact) mass is 206 g/mol. The van der Waals surface area contributed by atoms with E-state index >= 15 is 0 Å². The molecule has 0 bridgehead atoms. The Balaban J connectivity index is 2.57. The van der Waals surface area contributed by atoms with Crippen LogP contribution in [0.15, 0.2) is 24.3 Å². The van der Waals surface area contributed by atoms with Gasteiger partial charge in [0.25, 0.3) is 0 Å². The van der Waals surface area contributed by atoms with E-state index in [1.54, 1.807) is 0 Å². The Kier molecular flexibility index (Phi) is 5.14. The zero-order valence-corrected chi connectivity index (χ0v) is 10.6. The standard InChI is InChI=1S/C15H26/c1-4-6-10-14-11-8-9-13-15(14,3)12-7-5-2/h8-9,11,13-14H,4-7,10,12H2,1-3H3. The van der Waals surface area contributed by atoms with E-state index in [2.05, 4.69) is 45.1 Å². The van der Waals surface area contributed by atoms with Crippen molar-refractivity contribution < 1.29 is 0 Å². The molecule has 15 heavy (non-hydrogen) atoms. The molecule has 0 N–H and O–H groups in total. The molecule has 2 unspecified atom stereocenters. The highest BCUT2D eigenvalue weighted by molar-refractivity contribution is 5.18. The Morgan fingerprint density at radius 1 is 1.07 bits per heavy atom. The van der Waals surface area contributed by atoms with Crippen LogP contribution in [-0.2, 0) is 0 Å². The van der Waals surface area contributed by atoms with Gasteiger partial charge in [0.05, 0.1) is 0 Å². The smallest absolute Gasteiger partial charge is 0.00806 e. The maximum atomic E-state index is 2.43. The summed E-state index contributed by atoms with van der Waals surface area (Å²) in [6.45, 7) is 7.00. The topological polar surface area (TPSA) is 0 Å². The normalized spacial score (nSPS) is 29.7. The van der Waals surface area contributed by atoms with Crippen LogP contribution in [0.25, 0.3) is 0 Å². The predicted octanol–water partition coefficient (Wildman–Crippen LogP) is 5.12. The van der Waals surface area contributed by atoms with Crippen LogP contribution in [0.3, 0.4) is 0 Å². The molecule has 1 aliphatic rings. The maximum Gasteiger partial charge on any atom is -0.00806 e. The van der Waals surface area contributed by atoms with Crippen LogP contribution < -0.4 is 0 Å². The first-order valence-corrected chi connectivity index (χ1v) is 6.59. The molecule has 0 radical (unpaired) electrons. The lowest BCUT2D eigenvalue weighted by Gasteiger charge is -2.35. The highest BCUT2D eigenvalue weighted by Gasteiger charge is 2.29. The average molecular weight is 206 g/mol. The van der Waals surface area contributed by atoms with Gasteiger partial charge in [-0.05, 0) is 24.2 Å². The van der Waals surface area contributed by atoms with Crippen LogP contribution in [-0.4, -0.2) is 0 Å². The molecule has 86 valence electrons. The summed E-state index contributed by atoms with van der Waals surface area (Å²) in [5.41, 5.74) is 0.430. The van der Waals surface area contributed by atoms with Gasteiger partial charge in [-0.1, -0.05) is 70.8 Å². The summed E-state index contributed by atoms with van der Waals surface area (Å²) in [5.74, 6) is 0.772. The van der Waals surface area contributed by atoms with Crippen LogP contribution in [0, 0.1) is 11.3 Å². The zero-order valence-electron chi connectivity index (χ0n) is 10.6. The Morgan fingerprint density at radius 2 is 1.80 bits per heavy atom. The first kappa shape index (κ1) is 12.5. The molecular formula is C15H26. The van der Waals surface area contributed by atoms with Gasteiger partial charge in [-0.25, -0.2) is 0 Å². The fourth-order valence-corrected chi connectivity index (χ4v) is 2.49.